The first-order valence-corrected chi connectivity index (χ1v) is 7.85. The van der Waals surface area contributed by atoms with Crippen molar-refractivity contribution in [3.8, 4) is 0 Å². The van der Waals surface area contributed by atoms with Gasteiger partial charge in [-0.25, -0.2) is 4.99 Å². The Balaban J connectivity index is 2.24. The Morgan fingerprint density at radius 2 is 1.81 bits per heavy atom. The second kappa shape index (κ2) is 4.46. The summed E-state index contributed by atoms with van der Waals surface area (Å²) in [7, 11) is 0. The Labute approximate surface area is 126 Å². The zero-order valence-corrected chi connectivity index (χ0v) is 13.3. The molecular weight excluding hydrogens is 262 g/mol. The van der Waals surface area contributed by atoms with Crippen LogP contribution in [0.5, 0.6) is 0 Å². The fourth-order valence-electron chi connectivity index (χ4n) is 4.56. The summed E-state index contributed by atoms with van der Waals surface area (Å²) in [5, 5.41) is 0. The second-order valence-electron chi connectivity index (χ2n) is 7.61. The van der Waals surface area contributed by atoms with Gasteiger partial charge in [-0.2, -0.15) is 0 Å². The molecule has 1 fully saturated rings. The molecule has 0 amide bonds. The molecule has 0 aromatic heterocycles. The lowest BCUT2D eigenvalue weighted by Crippen LogP contribution is -2.42. The quantitative estimate of drug-likeness (QED) is 0.718. The van der Waals surface area contributed by atoms with E-state index in [-0.39, 0.29) is 16.6 Å². The molecule has 0 saturated heterocycles. The minimum absolute atomic E-state index is 0.0293. The van der Waals surface area contributed by atoms with E-state index in [1.807, 2.05) is 6.92 Å². The summed E-state index contributed by atoms with van der Waals surface area (Å²) >= 11 is 0. The minimum atomic E-state index is -0.256. The molecule has 0 atom stereocenters. The molecule has 0 bridgehead atoms. The molecule has 3 rings (SSSR count). The van der Waals surface area contributed by atoms with Gasteiger partial charge in [0, 0.05) is 28.7 Å². The van der Waals surface area contributed by atoms with Crippen molar-refractivity contribution in [2.75, 3.05) is 0 Å². The fourth-order valence-corrected chi connectivity index (χ4v) is 4.56. The Kier molecular flexibility index (Phi) is 3.05. The highest BCUT2D eigenvalue weighted by Crippen LogP contribution is 2.57. The number of rotatable bonds is 0. The Hall–Kier alpha value is -1.58. The van der Waals surface area contributed by atoms with Gasteiger partial charge in [-0.15, -0.1) is 0 Å². The third kappa shape index (κ3) is 2.03. The van der Waals surface area contributed by atoms with Crippen LogP contribution in [0.3, 0.4) is 0 Å². The number of nitrogens with two attached hydrogens (primary N) is 2. The van der Waals surface area contributed by atoms with Gasteiger partial charge in [0.2, 0.25) is 0 Å². The first-order valence-electron chi connectivity index (χ1n) is 7.85. The van der Waals surface area contributed by atoms with E-state index in [4.69, 9.17) is 11.5 Å². The van der Waals surface area contributed by atoms with Crippen molar-refractivity contribution >= 4 is 11.6 Å². The molecule has 1 spiro atoms. The maximum absolute atomic E-state index is 12.8. The number of Topliss-reactive ketones (excluding diaryl/α,β-unsaturated/α-hetero) is 1. The molecule has 114 valence electrons. The molecule has 2 aliphatic carbocycles. The molecule has 3 aliphatic rings. The summed E-state index contributed by atoms with van der Waals surface area (Å²) in [4.78, 5) is 17.4. The van der Waals surface area contributed by atoms with Crippen LogP contribution in [0.2, 0.25) is 0 Å². The molecule has 0 radical (unpaired) electrons. The maximum atomic E-state index is 12.8. The summed E-state index contributed by atoms with van der Waals surface area (Å²) in [6.45, 7) is 6.13. The Morgan fingerprint density at radius 1 is 1.19 bits per heavy atom. The lowest BCUT2D eigenvalue weighted by atomic mass is 9.62. The summed E-state index contributed by atoms with van der Waals surface area (Å²) < 4.78 is 0. The number of nitrogens with zero attached hydrogens (tertiary/aromatic N) is 1. The predicted molar refractivity (Wildman–Crippen MR) is 84.5 cm³/mol. The number of ketones is 1. The number of hydrogen-bond acceptors (Lipinski definition) is 4. The van der Waals surface area contributed by atoms with E-state index in [9.17, 15) is 4.79 Å². The number of amidine groups is 1. The topological polar surface area (TPSA) is 81.5 Å². The maximum Gasteiger partial charge on any atom is 0.162 e. The minimum Gasteiger partial charge on any atom is -0.402 e. The summed E-state index contributed by atoms with van der Waals surface area (Å²) in [5.41, 5.74) is 15.5. The molecule has 1 saturated carbocycles. The van der Waals surface area contributed by atoms with E-state index in [2.05, 4.69) is 18.8 Å². The van der Waals surface area contributed by atoms with Crippen molar-refractivity contribution in [2.45, 2.75) is 59.3 Å². The average Bonchev–Trinajstić information content (AvgIpc) is 2.74. The van der Waals surface area contributed by atoms with E-state index in [1.165, 1.54) is 0 Å². The van der Waals surface area contributed by atoms with Gasteiger partial charge in [-0.3, -0.25) is 4.79 Å². The summed E-state index contributed by atoms with van der Waals surface area (Å²) in [6, 6.07) is 0. The molecule has 4 nitrogen and oxygen atoms in total. The summed E-state index contributed by atoms with van der Waals surface area (Å²) in [6.07, 6.45) is 5.61. The van der Waals surface area contributed by atoms with E-state index in [0.717, 1.165) is 48.9 Å². The van der Waals surface area contributed by atoms with Gasteiger partial charge in [0.15, 0.2) is 5.78 Å². The number of carbonyl (C=O) groups excluding carboxylic acids is 1. The van der Waals surface area contributed by atoms with Gasteiger partial charge in [0.1, 0.15) is 5.84 Å². The van der Waals surface area contributed by atoms with E-state index >= 15 is 0 Å². The van der Waals surface area contributed by atoms with Crippen LogP contribution in [0.15, 0.2) is 27.5 Å². The normalized spacial score (nSPS) is 29.5. The van der Waals surface area contributed by atoms with Gasteiger partial charge in [0.05, 0.1) is 5.70 Å². The highest BCUT2D eigenvalue weighted by molar-refractivity contribution is 6.08. The second-order valence-corrected chi connectivity index (χ2v) is 7.61. The monoisotopic (exact) mass is 287 g/mol. The number of fused-ring (bicyclic) bond motifs is 1. The van der Waals surface area contributed by atoms with E-state index < -0.39 is 0 Å². The SMILES string of the molecule is C/C(N)=C1/C(N)=NC2=C(C(=O)CC(C)(C)C2)C12CCCC2. The highest BCUT2D eigenvalue weighted by atomic mass is 16.1. The van der Waals surface area contributed by atoms with Crippen molar-refractivity contribution < 1.29 is 4.79 Å². The number of aliphatic imine (C=N–C) groups is 1. The third-order valence-electron chi connectivity index (χ3n) is 5.17. The van der Waals surface area contributed by atoms with Crippen LogP contribution in [0.25, 0.3) is 0 Å². The largest absolute Gasteiger partial charge is 0.402 e. The molecule has 1 aliphatic heterocycles. The zero-order valence-electron chi connectivity index (χ0n) is 13.3. The van der Waals surface area contributed by atoms with Crippen molar-refractivity contribution in [2.24, 2.45) is 27.3 Å². The van der Waals surface area contributed by atoms with Crippen molar-refractivity contribution in [3.05, 3.63) is 22.5 Å². The highest BCUT2D eigenvalue weighted by Gasteiger charge is 2.51. The van der Waals surface area contributed by atoms with Gasteiger partial charge >= 0.3 is 0 Å². The molecule has 0 unspecified atom stereocenters. The van der Waals surface area contributed by atoms with Gasteiger partial charge in [-0.05, 0) is 31.6 Å². The number of carbonyl (C=O) groups is 1. The van der Waals surface area contributed by atoms with Crippen LogP contribution in [0.1, 0.15) is 59.3 Å². The van der Waals surface area contributed by atoms with Crippen LogP contribution >= 0.6 is 0 Å². The standard InChI is InChI=1S/C17H25N3O/c1-10(18)13-15(19)20-11-8-16(2,3)9-12(21)14(11)17(13)6-4-5-7-17/h4-9,18H2,1-3H3,(H2,19,20)/b13-10+. The zero-order chi connectivity index (χ0) is 15.4. The molecule has 4 heteroatoms. The molecule has 0 aromatic carbocycles. The Morgan fingerprint density at radius 3 is 2.38 bits per heavy atom. The van der Waals surface area contributed by atoms with Crippen LogP contribution in [0.4, 0.5) is 0 Å². The van der Waals surface area contributed by atoms with Crippen LogP contribution < -0.4 is 11.5 Å². The van der Waals surface area contributed by atoms with E-state index in [1.54, 1.807) is 0 Å². The van der Waals surface area contributed by atoms with Crippen LogP contribution in [-0.2, 0) is 4.79 Å². The molecular formula is C17H25N3O. The molecule has 1 heterocycles. The fraction of sp³-hybridized carbons (Fsp3) is 0.647. The summed E-state index contributed by atoms with van der Waals surface area (Å²) in [5.74, 6) is 0.777. The third-order valence-corrected chi connectivity index (χ3v) is 5.17. The Bertz CT molecular complexity index is 598. The number of allylic oxidation sites excluding steroid dienone is 3. The number of hydrogen-bond donors (Lipinski definition) is 2. The average molecular weight is 287 g/mol. The van der Waals surface area contributed by atoms with E-state index in [0.29, 0.717) is 18.0 Å². The molecule has 21 heavy (non-hydrogen) atoms. The van der Waals surface area contributed by atoms with Crippen molar-refractivity contribution in [1.29, 1.82) is 0 Å². The molecule has 4 N–H and O–H groups in total. The van der Waals surface area contributed by atoms with Crippen LogP contribution in [0, 0.1) is 10.8 Å². The smallest absolute Gasteiger partial charge is 0.162 e. The predicted octanol–water partition coefficient (Wildman–Crippen LogP) is 2.79. The van der Waals surface area contributed by atoms with Crippen molar-refractivity contribution in [1.82, 2.24) is 0 Å². The van der Waals surface area contributed by atoms with Gasteiger partial charge in [-0.1, -0.05) is 26.7 Å². The van der Waals surface area contributed by atoms with Crippen molar-refractivity contribution in [3.63, 3.8) is 0 Å². The first kappa shape index (κ1) is 14.4. The lowest BCUT2D eigenvalue weighted by molar-refractivity contribution is -0.119. The lowest BCUT2D eigenvalue weighted by Gasteiger charge is -2.43. The molecule has 0 aromatic rings. The van der Waals surface area contributed by atoms with Crippen LogP contribution in [-0.4, -0.2) is 11.6 Å². The van der Waals surface area contributed by atoms with Gasteiger partial charge in [0.25, 0.3) is 0 Å². The van der Waals surface area contributed by atoms with Gasteiger partial charge < -0.3 is 11.5 Å². The first-order chi connectivity index (χ1) is 9.77.